The van der Waals surface area contributed by atoms with E-state index in [-0.39, 0.29) is 0 Å². The number of nitrogens with one attached hydrogen (secondary N) is 1. The van der Waals surface area contributed by atoms with Crippen molar-refractivity contribution in [3.8, 4) is 0 Å². The number of thioether (sulfide) groups is 1. The number of hydrogen-bond donors (Lipinski definition) is 1. The largest absolute Gasteiger partial charge is 0.370 e. The molecule has 1 aromatic heterocycles. The van der Waals surface area contributed by atoms with Crippen molar-refractivity contribution in [1.29, 1.82) is 0 Å². The van der Waals surface area contributed by atoms with E-state index < -0.39 is 0 Å². The van der Waals surface area contributed by atoms with Crippen LogP contribution in [0.25, 0.3) is 0 Å². The highest BCUT2D eigenvalue weighted by atomic mass is 32.2. The number of hydrogen-bond acceptors (Lipinski definition) is 4. The second kappa shape index (κ2) is 7.29. The van der Waals surface area contributed by atoms with Gasteiger partial charge in [0.15, 0.2) is 0 Å². The van der Waals surface area contributed by atoms with E-state index in [0.717, 1.165) is 29.0 Å². The average molecular weight is 287 g/mol. The Balaban J connectivity index is 2.13. The van der Waals surface area contributed by atoms with Crippen molar-refractivity contribution in [2.45, 2.75) is 37.5 Å². The molecule has 0 aliphatic carbocycles. The van der Waals surface area contributed by atoms with Crippen LogP contribution in [0.2, 0.25) is 0 Å². The molecule has 106 valence electrons. The minimum Gasteiger partial charge on any atom is -0.370 e. The zero-order valence-corrected chi connectivity index (χ0v) is 13.1. The monoisotopic (exact) mass is 287 g/mol. The van der Waals surface area contributed by atoms with Crippen LogP contribution >= 0.6 is 11.8 Å². The van der Waals surface area contributed by atoms with Crippen LogP contribution in [-0.2, 0) is 5.75 Å². The van der Waals surface area contributed by atoms with Gasteiger partial charge in [-0.1, -0.05) is 44.2 Å². The first kappa shape index (κ1) is 14.9. The Labute approximate surface area is 125 Å². The molecule has 20 heavy (non-hydrogen) atoms. The first-order chi connectivity index (χ1) is 9.69. The molecule has 0 atom stereocenters. The molecular weight excluding hydrogens is 266 g/mol. The van der Waals surface area contributed by atoms with Gasteiger partial charge in [-0.2, -0.15) is 0 Å². The van der Waals surface area contributed by atoms with Gasteiger partial charge in [0.25, 0.3) is 0 Å². The first-order valence-corrected chi connectivity index (χ1v) is 7.97. The van der Waals surface area contributed by atoms with Crippen molar-refractivity contribution in [1.82, 2.24) is 9.97 Å². The summed E-state index contributed by atoms with van der Waals surface area (Å²) in [6.07, 6.45) is 0. The van der Waals surface area contributed by atoms with Crippen LogP contribution in [0, 0.1) is 0 Å². The fraction of sp³-hybridized carbons (Fsp3) is 0.375. The minimum atomic E-state index is 0.338. The van der Waals surface area contributed by atoms with Crippen molar-refractivity contribution in [3.05, 3.63) is 47.8 Å². The maximum atomic E-state index is 4.64. The van der Waals surface area contributed by atoms with Gasteiger partial charge in [-0.3, -0.25) is 0 Å². The van der Waals surface area contributed by atoms with Gasteiger partial charge in [-0.25, -0.2) is 9.97 Å². The van der Waals surface area contributed by atoms with Crippen molar-refractivity contribution in [2.24, 2.45) is 0 Å². The van der Waals surface area contributed by atoms with E-state index in [4.69, 9.17) is 0 Å². The third-order valence-electron chi connectivity index (χ3n) is 2.82. The molecule has 0 fully saturated rings. The zero-order valence-electron chi connectivity index (χ0n) is 12.3. The molecule has 1 aromatic carbocycles. The van der Waals surface area contributed by atoms with E-state index in [1.165, 1.54) is 5.56 Å². The Bertz CT molecular complexity index is 541. The molecular formula is C16H21N3S. The summed E-state index contributed by atoms with van der Waals surface area (Å²) in [5, 5.41) is 4.31. The fourth-order valence-electron chi connectivity index (χ4n) is 1.78. The number of benzene rings is 1. The molecule has 3 nitrogen and oxygen atoms in total. The number of anilines is 1. The summed E-state index contributed by atoms with van der Waals surface area (Å²) in [5.74, 6) is 3.09. The summed E-state index contributed by atoms with van der Waals surface area (Å²) in [7, 11) is 0. The van der Waals surface area contributed by atoms with Crippen molar-refractivity contribution >= 4 is 17.6 Å². The van der Waals surface area contributed by atoms with Crippen LogP contribution in [-0.4, -0.2) is 16.5 Å². The summed E-state index contributed by atoms with van der Waals surface area (Å²) >= 11 is 1.75. The zero-order chi connectivity index (χ0) is 14.4. The summed E-state index contributed by atoms with van der Waals surface area (Å²) in [5.41, 5.74) is 1.31. The molecule has 0 aliphatic rings. The Morgan fingerprint density at radius 2 is 1.90 bits per heavy atom. The van der Waals surface area contributed by atoms with Crippen LogP contribution in [0.15, 0.2) is 41.4 Å². The summed E-state index contributed by atoms with van der Waals surface area (Å²) < 4.78 is 0. The second-order valence-electron chi connectivity index (χ2n) is 4.91. The van der Waals surface area contributed by atoms with Gasteiger partial charge in [0, 0.05) is 24.3 Å². The fourth-order valence-corrected chi connectivity index (χ4v) is 2.64. The molecule has 0 unspecified atom stereocenters. The molecule has 0 aliphatic heterocycles. The second-order valence-corrected chi connectivity index (χ2v) is 5.90. The first-order valence-electron chi connectivity index (χ1n) is 6.98. The number of aromatic nitrogens is 2. The van der Waals surface area contributed by atoms with Gasteiger partial charge in [-0.05, 0) is 12.5 Å². The molecule has 0 saturated heterocycles. The lowest BCUT2D eigenvalue weighted by Gasteiger charge is -2.10. The van der Waals surface area contributed by atoms with E-state index in [9.17, 15) is 0 Å². The maximum absolute atomic E-state index is 4.64. The molecule has 4 heteroatoms. The molecule has 1 heterocycles. The molecule has 0 amide bonds. The smallest absolute Gasteiger partial charge is 0.134 e. The van der Waals surface area contributed by atoms with Gasteiger partial charge in [0.1, 0.15) is 16.7 Å². The molecule has 0 bridgehead atoms. The summed E-state index contributed by atoms with van der Waals surface area (Å²) in [6.45, 7) is 7.19. The standard InChI is InChI=1S/C16H21N3S/c1-4-17-14-10-15(19-16(18-14)12(2)3)20-11-13-8-6-5-7-9-13/h5-10,12H,4,11H2,1-3H3,(H,17,18,19). The quantitative estimate of drug-likeness (QED) is 0.634. The molecule has 2 rings (SSSR count). The van der Waals surface area contributed by atoms with Crippen LogP contribution < -0.4 is 5.32 Å². The normalized spacial score (nSPS) is 10.8. The molecule has 2 aromatic rings. The van der Waals surface area contributed by atoms with E-state index in [1.807, 2.05) is 12.1 Å². The van der Waals surface area contributed by atoms with Gasteiger partial charge < -0.3 is 5.32 Å². The van der Waals surface area contributed by atoms with Crippen molar-refractivity contribution < 1.29 is 0 Å². The number of nitrogens with zero attached hydrogens (tertiary/aromatic N) is 2. The van der Waals surface area contributed by atoms with E-state index in [1.54, 1.807) is 11.8 Å². The lowest BCUT2D eigenvalue weighted by molar-refractivity contribution is 0.754. The van der Waals surface area contributed by atoms with Crippen molar-refractivity contribution in [3.63, 3.8) is 0 Å². The highest BCUT2D eigenvalue weighted by molar-refractivity contribution is 7.98. The Morgan fingerprint density at radius 1 is 1.15 bits per heavy atom. The van der Waals surface area contributed by atoms with Crippen molar-refractivity contribution in [2.75, 3.05) is 11.9 Å². The SMILES string of the molecule is CCNc1cc(SCc2ccccc2)nc(C(C)C)n1. The minimum absolute atomic E-state index is 0.338. The molecule has 1 N–H and O–H groups in total. The maximum Gasteiger partial charge on any atom is 0.134 e. The highest BCUT2D eigenvalue weighted by Crippen LogP contribution is 2.24. The predicted octanol–water partition coefficient (Wildman–Crippen LogP) is 4.32. The topological polar surface area (TPSA) is 37.8 Å². The molecule has 0 saturated carbocycles. The van der Waals surface area contributed by atoms with Gasteiger partial charge in [0.2, 0.25) is 0 Å². The van der Waals surface area contributed by atoms with E-state index in [0.29, 0.717) is 5.92 Å². The van der Waals surface area contributed by atoms with Gasteiger partial charge >= 0.3 is 0 Å². The summed E-state index contributed by atoms with van der Waals surface area (Å²) in [6, 6.07) is 12.5. The third kappa shape index (κ3) is 4.23. The lowest BCUT2D eigenvalue weighted by atomic mass is 10.2. The molecule has 0 radical (unpaired) electrons. The number of rotatable bonds is 6. The van der Waals surface area contributed by atoms with E-state index in [2.05, 4.69) is 60.3 Å². The van der Waals surface area contributed by atoms with Gasteiger partial charge in [0.05, 0.1) is 0 Å². The highest BCUT2D eigenvalue weighted by Gasteiger charge is 2.08. The van der Waals surface area contributed by atoms with Crippen LogP contribution in [0.1, 0.15) is 38.1 Å². The van der Waals surface area contributed by atoms with Crippen LogP contribution in [0.4, 0.5) is 5.82 Å². The Morgan fingerprint density at radius 3 is 2.55 bits per heavy atom. The predicted molar refractivity (Wildman–Crippen MR) is 86.3 cm³/mol. The lowest BCUT2D eigenvalue weighted by Crippen LogP contribution is -2.05. The average Bonchev–Trinajstić information content (AvgIpc) is 2.46. The molecule has 0 spiro atoms. The Hall–Kier alpha value is -1.55. The van der Waals surface area contributed by atoms with Crippen LogP contribution in [0.3, 0.4) is 0 Å². The van der Waals surface area contributed by atoms with Crippen LogP contribution in [0.5, 0.6) is 0 Å². The Kier molecular flexibility index (Phi) is 5.41. The van der Waals surface area contributed by atoms with Gasteiger partial charge in [-0.15, -0.1) is 11.8 Å². The van der Waals surface area contributed by atoms with E-state index >= 15 is 0 Å². The third-order valence-corrected chi connectivity index (χ3v) is 3.81. The summed E-state index contributed by atoms with van der Waals surface area (Å²) in [4.78, 5) is 9.18.